The molecule has 0 bridgehead atoms. The van der Waals surface area contributed by atoms with Gasteiger partial charge in [0.25, 0.3) is 0 Å². The van der Waals surface area contributed by atoms with Crippen LogP contribution in [-0.2, 0) is 30.6 Å². The Labute approximate surface area is 147 Å². The molecule has 5 heteroatoms. The Hall–Kier alpha value is -2.95. The normalized spacial score (nSPS) is 10.6. The molecule has 1 heterocycles. The fraction of sp³-hybridized carbons (Fsp3) is 0.250. The van der Waals surface area contributed by atoms with Gasteiger partial charge in [0.05, 0.1) is 6.54 Å². The quantitative estimate of drug-likeness (QED) is 0.687. The standard InChI is InChI=1S/C20H21N3O2/c24-19(13-11-16-7-3-1-4-8-16)21-15-18-22-20(25-23-18)14-12-17-9-5-2-6-10-17/h1-10H,11-15H2,(H,21,24). The van der Waals surface area contributed by atoms with Crippen molar-refractivity contribution in [2.24, 2.45) is 0 Å². The van der Waals surface area contributed by atoms with Crippen molar-refractivity contribution >= 4 is 5.91 Å². The van der Waals surface area contributed by atoms with Gasteiger partial charge in [0.15, 0.2) is 5.82 Å². The summed E-state index contributed by atoms with van der Waals surface area (Å²) >= 11 is 0. The molecular formula is C20H21N3O2. The highest BCUT2D eigenvalue weighted by molar-refractivity contribution is 5.76. The third kappa shape index (κ3) is 5.57. The first-order valence-electron chi connectivity index (χ1n) is 8.45. The molecule has 2 aromatic carbocycles. The van der Waals surface area contributed by atoms with Gasteiger partial charge in [-0.2, -0.15) is 4.98 Å². The summed E-state index contributed by atoms with van der Waals surface area (Å²) in [6, 6.07) is 20.1. The molecule has 1 N–H and O–H groups in total. The third-order valence-corrected chi connectivity index (χ3v) is 3.91. The summed E-state index contributed by atoms with van der Waals surface area (Å²) in [6.07, 6.45) is 2.72. The smallest absolute Gasteiger partial charge is 0.227 e. The van der Waals surface area contributed by atoms with Crippen LogP contribution in [0.3, 0.4) is 0 Å². The van der Waals surface area contributed by atoms with Crippen LogP contribution in [0.25, 0.3) is 0 Å². The van der Waals surface area contributed by atoms with Crippen molar-refractivity contribution in [3.05, 3.63) is 83.5 Å². The SMILES string of the molecule is O=C(CCc1ccccc1)NCc1noc(CCc2ccccc2)n1. The van der Waals surface area contributed by atoms with E-state index in [0.29, 0.717) is 31.1 Å². The van der Waals surface area contributed by atoms with Gasteiger partial charge in [-0.3, -0.25) is 4.79 Å². The molecule has 0 fully saturated rings. The maximum Gasteiger partial charge on any atom is 0.227 e. The monoisotopic (exact) mass is 335 g/mol. The van der Waals surface area contributed by atoms with Crippen LogP contribution in [0.5, 0.6) is 0 Å². The Morgan fingerprint density at radius 2 is 1.52 bits per heavy atom. The molecule has 0 radical (unpaired) electrons. The summed E-state index contributed by atoms with van der Waals surface area (Å²) in [5, 5.41) is 6.75. The summed E-state index contributed by atoms with van der Waals surface area (Å²) in [4.78, 5) is 16.2. The minimum atomic E-state index is -0.0144. The lowest BCUT2D eigenvalue weighted by Gasteiger charge is -2.02. The maximum atomic E-state index is 11.9. The lowest BCUT2D eigenvalue weighted by Crippen LogP contribution is -2.23. The predicted octanol–water partition coefficient (Wildman–Crippen LogP) is 3.10. The van der Waals surface area contributed by atoms with Gasteiger partial charge >= 0.3 is 0 Å². The average molecular weight is 335 g/mol. The topological polar surface area (TPSA) is 68.0 Å². The molecule has 3 aromatic rings. The molecule has 0 aliphatic heterocycles. The van der Waals surface area contributed by atoms with E-state index in [1.54, 1.807) is 0 Å². The highest BCUT2D eigenvalue weighted by atomic mass is 16.5. The second-order valence-corrected chi connectivity index (χ2v) is 5.85. The molecule has 1 amide bonds. The molecule has 0 atom stereocenters. The van der Waals surface area contributed by atoms with Crippen LogP contribution in [0.4, 0.5) is 0 Å². The van der Waals surface area contributed by atoms with Crippen molar-refractivity contribution in [1.29, 1.82) is 0 Å². The molecule has 1 aromatic heterocycles. The van der Waals surface area contributed by atoms with Crippen molar-refractivity contribution in [3.63, 3.8) is 0 Å². The predicted molar refractivity (Wildman–Crippen MR) is 94.8 cm³/mol. The maximum absolute atomic E-state index is 11.9. The van der Waals surface area contributed by atoms with Crippen molar-refractivity contribution in [2.45, 2.75) is 32.2 Å². The number of nitrogens with one attached hydrogen (secondary N) is 1. The molecule has 25 heavy (non-hydrogen) atoms. The molecule has 0 unspecified atom stereocenters. The Balaban J connectivity index is 1.40. The van der Waals surface area contributed by atoms with Crippen molar-refractivity contribution in [3.8, 4) is 0 Å². The number of hydrogen-bond acceptors (Lipinski definition) is 4. The number of rotatable bonds is 8. The van der Waals surface area contributed by atoms with E-state index in [4.69, 9.17) is 4.52 Å². The average Bonchev–Trinajstić information content (AvgIpc) is 3.13. The first-order valence-corrected chi connectivity index (χ1v) is 8.45. The Morgan fingerprint density at radius 1 is 0.880 bits per heavy atom. The highest BCUT2D eigenvalue weighted by Gasteiger charge is 2.08. The van der Waals surface area contributed by atoms with Crippen LogP contribution in [0, 0.1) is 0 Å². The minimum absolute atomic E-state index is 0.0144. The van der Waals surface area contributed by atoms with Crippen LogP contribution in [-0.4, -0.2) is 16.0 Å². The summed E-state index contributed by atoms with van der Waals surface area (Å²) in [7, 11) is 0. The second kappa shape index (κ2) is 8.78. The minimum Gasteiger partial charge on any atom is -0.349 e. The van der Waals surface area contributed by atoms with Gasteiger partial charge in [-0.25, -0.2) is 0 Å². The van der Waals surface area contributed by atoms with E-state index in [2.05, 4.69) is 27.6 Å². The number of carbonyl (C=O) groups excluding carboxylic acids is 1. The number of aromatic nitrogens is 2. The number of hydrogen-bond donors (Lipinski definition) is 1. The van der Waals surface area contributed by atoms with Crippen LogP contribution in [0.1, 0.15) is 29.3 Å². The molecule has 128 valence electrons. The van der Waals surface area contributed by atoms with Crippen molar-refractivity contribution in [2.75, 3.05) is 0 Å². The van der Waals surface area contributed by atoms with Gasteiger partial charge in [0, 0.05) is 12.8 Å². The number of aryl methyl sites for hydroxylation is 3. The third-order valence-electron chi connectivity index (χ3n) is 3.91. The highest BCUT2D eigenvalue weighted by Crippen LogP contribution is 2.06. The number of nitrogens with zero attached hydrogens (tertiary/aromatic N) is 2. The second-order valence-electron chi connectivity index (χ2n) is 5.85. The van der Waals surface area contributed by atoms with Gasteiger partial charge in [-0.1, -0.05) is 65.8 Å². The van der Waals surface area contributed by atoms with Crippen molar-refractivity contribution in [1.82, 2.24) is 15.5 Å². The van der Waals surface area contributed by atoms with Crippen LogP contribution < -0.4 is 5.32 Å². The van der Waals surface area contributed by atoms with Gasteiger partial charge in [-0.15, -0.1) is 0 Å². The molecule has 0 saturated carbocycles. The van der Waals surface area contributed by atoms with Crippen LogP contribution in [0.2, 0.25) is 0 Å². The molecular weight excluding hydrogens is 314 g/mol. The van der Waals surface area contributed by atoms with E-state index in [9.17, 15) is 4.79 Å². The Morgan fingerprint density at radius 3 is 2.20 bits per heavy atom. The first-order chi connectivity index (χ1) is 12.3. The van der Waals surface area contributed by atoms with Gasteiger partial charge in [0.1, 0.15) is 0 Å². The van der Waals surface area contributed by atoms with Gasteiger partial charge < -0.3 is 9.84 Å². The summed E-state index contributed by atoms with van der Waals surface area (Å²) in [5.74, 6) is 1.09. The van der Waals surface area contributed by atoms with E-state index in [1.165, 1.54) is 5.56 Å². The summed E-state index contributed by atoms with van der Waals surface area (Å²) < 4.78 is 5.24. The first kappa shape index (κ1) is 16.9. The zero-order chi connectivity index (χ0) is 17.3. The number of carbonyl (C=O) groups is 1. The van der Waals surface area contributed by atoms with E-state index >= 15 is 0 Å². The lowest BCUT2D eigenvalue weighted by molar-refractivity contribution is -0.121. The van der Waals surface area contributed by atoms with Gasteiger partial charge in [0.2, 0.25) is 11.8 Å². The van der Waals surface area contributed by atoms with E-state index in [-0.39, 0.29) is 5.91 Å². The Bertz CT molecular complexity index is 785. The zero-order valence-electron chi connectivity index (χ0n) is 14.0. The largest absolute Gasteiger partial charge is 0.349 e. The number of benzene rings is 2. The molecule has 3 rings (SSSR count). The fourth-order valence-corrected chi connectivity index (χ4v) is 2.53. The van der Waals surface area contributed by atoms with E-state index in [1.807, 2.05) is 48.5 Å². The molecule has 0 saturated heterocycles. The van der Waals surface area contributed by atoms with Crippen LogP contribution >= 0.6 is 0 Å². The molecule has 0 aliphatic rings. The number of amides is 1. The lowest BCUT2D eigenvalue weighted by atomic mass is 10.1. The molecule has 0 aliphatic carbocycles. The Kier molecular flexibility index (Phi) is 5.93. The van der Waals surface area contributed by atoms with Crippen LogP contribution in [0.15, 0.2) is 65.2 Å². The molecule has 5 nitrogen and oxygen atoms in total. The molecule has 0 spiro atoms. The van der Waals surface area contributed by atoms with E-state index in [0.717, 1.165) is 18.4 Å². The summed E-state index contributed by atoms with van der Waals surface area (Å²) in [6.45, 7) is 0.294. The summed E-state index contributed by atoms with van der Waals surface area (Å²) in [5.41, 5.74) is 2.39. The van der Waals surface area contributed by atoms with Crippen molar-refractivity contribution < 1.29 is 9.32 Å². The fourth-order valence-electron chi connectivity index (χ4n) is 2.53. The van der Waals surface area contributed by atoms with Gasteiger partial charge in [-0.05, 0) is 24.0 Å². The van der Waals surface area contributed by atoms with E-state index < -0.39 is 0 Å². The zero-order valence-corrected chi connectivity index (χ0v) is 14.0.